The molecule has 0 bridgehead atoms. The van der Waals surface area contributed by atoms with Crippen LogP contribution in [0.2, 0.25) is 0 Å². The van der Waals surface area contributed by atoms with Crippen LogP contribution in [0.25, 0.3) is 16.5 Å². The van der Waals surface area contributed by atoms with Crippen LogP contribution in [-0.4, -0.2) is 19.6 Å². The quantitative estimate of drug-likeness (QED) is 0.592. The SMILES string of the molecule is O=C(O)c1cccc(Cn2c(=O)sn(-c3cccc4ccccc34)c2=O)c1. The molecule has 3 aromatic carbocycles. The maximum atomic E-state index is 12.9. The van der Waals surface area contributed by atoms with Crippen LogP contribution >= 0.6 is 11.5 Å². The van der Waals surface area contributed by atoms with Crippen LogP contribution in [0.3, 0.4) is 0 Å². The average Bonchev–Trinajstić information content (AvgIpc) is 2.96. The number of carboxylic acid groups (broad SMARTS) is 1. The lowest BCUT2D eigenvalue weighted by atomic mass is 10.1. The summed E-state index contributed by atoms with van der Waals surface area (Å²) in [4.78, 5) is 36.0. The molecule has 1 heterocycles. The number of carboxylic acids is 1. The summed E-state index contributed by atoms with van der Waals surface area (Å²) in [6.45, 7) is 0.0209. The zero-order valence-electron chi connectivity index (χ0n) is 14.0. The molecule has 134 valence electrons. The summed E-state index contributed by atoms with van der Waals surface area (Å²) in [5.41, 5.74) is 0.905. The summed E-state index contributed by atoms with van der Waals surface area (Å²) >= 11 is 0.834. The number of aromatic nitrogens is 2. The molecule has 0 amide bonds. The number of hydrogen-bond donors (Lipinski definition) is 1. The van der Waals surface area contributed by atoms with Gasteiger partial charge in [-0.1, -0.05) is 48.5 Å². The van der Waals surface area contributed by atoms with Crippen molar-refractivity contribution in [1.82, 2.24) is 8.52 Å². The van der Waals surface area contributed by atoms with E-state index in [0.717, 1.165) is 26.9 Å². The summed E-state index contributed by atoms with van der Waals surface area (Å²) in [5, 5.41) is 11.0. The Morgan fingerprint density at radius 2 is 1.70 bits per heavy atom. The molecule has 0 unspecified atom stereocenters. The predicted molar refractivity (Wildman–Crippen MR) is 104 cm³/mol. The molecular weight excluding hydrogens is 364 g/mol. The average molecular weight is 378 g/mol. The monoisotopic (exact) mass is 378 g/mol. The van der Waals surface area contributed by atoms with E-state index in [1.165, 1.54) is 16.1 Å². The number of hydrogen-bond acceptors (Lipinski definition) is 4. The van der Waals surface area contributed by atoms with Gasteiger partial charge in [-0.25, -0.2) is 18.1 Å². The number of rotatable bonds is 4. The largest absolute Gasteiger partial charge is 0.478 e. The van der Waals surface area contributed by atoms with Gasteiger partial charge in [0.15, 0.2) is 0 Å². The third-order valence-electron chi connectivity index (χ3n) is 4.29. The molecular formula is C20H14N2O4S. The maximum Gasteiger partial charge on any atom is 0.346 e. The molecule has 0 fully saturated rings. The maximum absolute atomic E-state index is 12.9. The Morgan fingerprint density at radius 3 is 2.52 bits per heavy atom. The first-order valence-corrected chi connectivity index (χ1v) is 8.95. The fourth-order valence-electron chi connectivity index (χ4n) is 3.01. The van der Waals surface area contributed by atoms with E-state index in [1.807, 2.05) is 36.4 Å². The van der Waals surface area contributed by atoms with Crippen molar-refractivity contribution >= 4 is 28.3 Å². The van der Waals surface area contributed by atoms with Crippen molar-refractivity contribution < 1.29 is 9.90 Å². The van der Waals surface area contributed by atoms with Gasteiger partial charge >= 0.3 is 16.5 Å². The van der Waals surface area contributed by atoms with Crippen LogP contribution < -0.4 is 10.6 Å². The first-order valence-electron chi connectivity index (χ1n) is 8.18. The minimum Gasteiger partial charge on any atom is -0.478 e. The molecule has 0 saturated heterocycles. The van der Waals surface area contributed by atoms with Crippen molar-refractivity contribution in [2.45, 2.75) is 6.54 Å². The fraction of sp³-hybridized carbons (Fsp3) is 0.0500. The molecule has 0 spiro atoms. The highest BCUT2D eigenvalue weighted by molar-refractivity contribution is 7.04. The molecule has 0 atom stereocenters. The van der Waals surface area contributed by atoms with Crippen molar-refractivity contribution in [1.29, 1.82) is 0 Å². The molecule has 0 radical (unpaired) electrons. The Bertz CT molecular complexity index is 1280. The Labute approximate surface area is 157 Å². The zero-order chi connectivity index (χ0) is 19.0. The van der Waals surface area contributed by atoms with Gasteiger partial charge in [-0.05, 0) is 29.1 Å². The van der Waals surface area contributed by atoms with Crippen molar-refractivity contribution in [2.24, 2.45) is 0 Å². The highest BCUT2D eigenvalue weighted by Gasteiger charge is 2.14. The minimum atomic E-state index is -1.05. The van der Waals surface area contributed by atoms with E-state index in [1.54, 1.807) is 18.2 Å². The van der Waals surface area contributed by atoms with E-state index >= 15 is 0 Å². The van der Waals surface area contributed by atoms with Gasteiger partial charge in [-0.2, -0.15) is 0 Å². The Balaban J connectivity index is 1.81. The van der Waals surface area contributed by atoms with Crippen LogP contribution in [0.5, 0.6) is 0 Å². The van der Waals surface area contributed by atoms with E-state index in [4.69, 9.17) is 5.11 Å². The highest BCUT2D eigenvalue weighted by atomic mass is 32.1. The van der Waals surface area contributed by atoms with E-state index in [2.05, 4.69) is 0 Å². The van der Waals surface area contributed by atoms with Gasteiger partial charge < -0.3 is 5.11 Å². The number of fused-ring (bicyclic) bond motifs is 1. The van der Waals surface area contributed by atoms with Crippen molar-refractivity contribution in [3.63, 3.8) is 0 Å². The first kappa shape index (κ1) is 17.0. The van der Waals surface area contributed by atoms with E-state index < -0.39 is 16.5 Å². The fourth-order valence-corrected chi connectivity index (χ4v) is 3.84. The van der Waals surface area contributed by atoms with E-state index in [-0.39, 0.29) is 12.1 Å². The molecule has 0 aliphatic carbocycles. The molecule has 7 heteroatoms. The topological polar surface area (TPSA) is 81.3 Å². The number of benzene rings is 3. The summed E-state index contributed by atoms with van der Waals surface area (Å²) in [6, 6.07) is 19.5. The second kappa shape index (κ2) is 6.69. The number of carbonyl (C=O) groups is 1. The van der Waals surface area contributed by atoms with Crippen LogP contribution in [-0.2, 0) is 6.54 Å². The standard InChI is InChI=1S/C20H14N2O4S/c23-18(24)15-8-3-5-13(11-15)12-21-19(25)22(27-20(21)26)17-10-4-7-14-6-1-2-9-16(14)17/h1-11H,12H2,(H,23,24). The number of aromatic carboxylic acids is 1. The van der Waals surface area contributed by atoms with Gasteiger partial charge in [0.05, 0.1) is 17.8 Å². The van der Waals surface area contributed by atoms with Crippen molar-refractivity contribution in [3.8, 4) is 5.69 Å². The van der Waals surface area contributed by atoms with Crippen molar-refractivity contribution in [2.75, 3.05) is 0 Å². The molecule has 6 nitrogen and oxygen atoms in total. The van der Waals surface area contributed by atoms with Crippen LogP contribution in [0.4, 0.5) is 0 Å². The van der Waals surface area contributed by atoms with Crippen LogP contribution in [0.1, 0.15) is 15.9 Å². The normalized spacial score (nSPS) is 11.0. The summed E-state index contributed by atoms with van der Waals surface area (Å²) < 4.78 is 2.50. The first-order chi connectivity index (χ1) is 13.0. The third kappa shape index (κ3) is 3.09. The molecule has 1 aromatic heterocycles. The molecule has 4 aromatic rings. The molecule has 0 saturated carbocycles. The smallest absolute Gasteiger partial charge is 0.346 e. The lowest BCUT2D eigenvalue weighted by Crippen LogP contribution is -2.29. The molecule has 27 heavy (non-hydrogen) atoms. The molecule has 0 aliphatic rings. The van der Waals surface area contributed by atoms with Crippen LogP contribution in [0.15, 0.2) is 76.3 Å². The van der Waals surface area contributed by atoms with Gasteiger partial charge in [-0.15, -0.1) is 0 Å². The molecule has 0 aliphatic heterocycles. The number of nitrogens with zero attached hydrogens (tertiary/aromatic N) is 2. The van der Waals surface area contributed by atoms with Gasteiger partial charge in [-0.3, -0.25) is 4.79 Å². The Kier molecular flexibility index (Phi) is 4.21. The lowest BCUT2D eigenvalue weighted by Gasteiger charge is -2.05. The summed E-state index contributed by atoms with van der Waals surface area (Å²) in [7, 11) is 0. The summed E-state index contributed by atoms with van der Waals surface area (Å²) in [6.07, 6.45) is 0. The van der Waals surface area contributed by atoms with E-state index in [0.29, 0.717) is 11.3 Å². The third-order valence-corrected chi connectivity index (χ3v) is 5.21. The van der Waals surface area contributed by atoms with Gasteiger partial charge in [0.25, 0.3) is 0 Å². The minimum absolute atomic E-state index is 0.0209. The van der Waals surface area contributed by atoms with E-state index in [9.17, 15) is 14.4 Å². The molecule has 1 N–H and O–H groups in total. The van der Waals surface area contributed by atoms with Gasteiger partial charge in [0.2, 0.25) is 0 Å². The Morgan fingerprint density at radius 1 is 0.963 bits per heavy atom. The van der Waals surface area contributed by atoms with Crippen molar-refractivity contribution in [3.05, 3.63) is 98.0 Å². The summed E-state index contributed by atoms with van der Waals surface area (Å²) in [5.74, 6) is -1.05. The Hall–Kier alpha value is -3.45. The highest BCUT2D eigenvalue weighted by Crippen LogP contribution is 2.21. The molecule has 4 rings (SSSR count). The second-order valence-corrected chi connectivity index (χ2v) is 6.92. The van der Waals surface area contributed by atoms with Gasteiger partial charge in [0, 0.05) is 16.9 Å². The second-order valence-electron chi connectivity index (χ2n) is 6.02. The predicted octanol–water partition coefficient (Wildman–Crippen LogP) is 2.96. The van der Waals surface area contributed by atoms with Gasteiger partial charge in [0.1, 0.15) is 0 Å². The lowest BCUT2D eigenvalue weighted by molar-refractivity contribution is 0.0696. The van der Waals surface area contributed by atoms with Crippen LogP contribution in [0, 0.1) is 0 Å². The zero-order valence-corrected chi connectivity index (χ0v) is 14.8.